The van der Waals surface area contributed by atoms with Crippen molar-refractivity contribution < 1.29 is 14.3 Å². The fraction of sp³-hybridized carbons (Fsp3) is 0.533. The van der Waals surface area contributed by atoms with Crippen molar-refractivity contribution in [3.05, 3.63) is 23.9 Å². The molecule has 0 aliphatic heterocycles. The Hall–Kier alpha value is -1.56. The number of ether oxygens (including phenoxy) is 1. The van der Waals surface area contributed by atoms with Gasteiger partial charge in [-0.2, -0.15) is 0 Å². The van der Waals surface area contributed by atoms with Crippen LogP contribution in [0, 0.1) is 5.92 Å². The maximum Gasteiger partial charge on any atom is 0.328 e. The van der Waals surface area contributed by atoms with Gasteiger partial charge in [-0.1, -0.05) is 20.8 Å². The molecule has 0 aliphatic rings. The third-order valence-electron chi connectivity index (χ3n) is 2.79. The molecule has 1 atom stereocenters. The fourth-order valence-corrected chi connectivity index (χ4v) is 2.40. The van der Waals surface area contributed by atoms with Gasteiger partial charge in [0.15, 0.2) is 0 Å². The van der Waals surface area contributed by atoms with Gasteiger partial charge in [-0.15, -0.1) is 11.8 Å². The maximum absolute atomic E-state index is 12.2. The van der Waals surface area contributed by atoms with Gasteiger partial charge in [0.25, 0.3) is 5.91 Å². The summed E-state index contributed by atoms with van der Waals surface area (Å²) in [5.74, 6) is 0.461. The van der Waals surface area contributed by atoms with Crippen molar-refractivity contribution >= 4 is 23.6 Å². The molecule has 0 aliphatic carbocycles. The molecule has 1 aromatic rings. The van der Waals surface area contributed by atoms with Crippen LogP contribution in [-0.2, 0) is 9.53 Å². The molecule has 1 N–H and O–H groups in total. The Morgan fingerprint density at radius 1 is 1.38 bits per heavy atom. The normalized spacial score (nSPS) is 12.0. The van der Waals surface area contributed by atoms with E-state index < -0.39 is 12.0 Å². The molecule has 1 aromatic heterocycles. The van der Waals surface area contributed by atoms with Gasteiger partial charge < -0.3 is 10.1 Å². The number of rotatable bonds is 7. The molecular weight excluding hydrogens is 288 g/mol. The highest BCUT2D eigenvalue weighted by molar-refractivity contribution is 7.99. The predicted molar refractivity (Wildman–Crippen MR) is 83.4 cm³/mol. The number of carbonyl (C=O) groups is 2. The van der Waals surface area contributed by atoms with E-state index in [0.29, 0.717) is 12.0 Å². The van der Waals surface area contributed by atoms with Crippen molar-refractivity contribution in [1.29, 1.82) is 0 Å². The first-order valence-electron chi connectivity index (χ1n) is 6.95. The monoisotopic (exact) mass is 310 g/mol. The lowest BCUT2D eigenvalue weighted by atomic mass is 10.0. The van der Waals surface area contributed by atoms with E-state index in [9.17, 15) is 9.59 Å². The summed E-state index contributed by atoms with van der Waals surface area (Å²) >= 11 is 1.61. The Morgan fingerprint density at radius 2 is 2.10 bits per heavy atom. The van der Waals surface area contributed by atoms with Crippen LogP contribution in [-0.4, -0.2) is 35.8 Å². The smallest absolute Gasteiger partial charge is 0.328 e. The van der Waals surface area contributed by atoms with Gasteiger partial charge in [0, 0.05) is 6.20 Å². The van der Waals surface area contributed by atoms with Crippen LogP contribution in [0.4, 0.5) is 0 Å². The van der Waals surface area contributed by atoms with Crippen LogP contribution in [0.2, 0.25) is 0 Å². The van der Waals surface area contributed by atoms with E-state index in [0.717, 1.165) is 10.8 Å². The topological polar surface area (TPSA) is 68.3 Å². The van der Waals surface area contributed by atoms with Crippen LogP contribution in [0.15, 0.2) is 23.4 Å². The zero-order chi connectivity index (χ0) is 15.8. The van der Waals surface area contributed by atoms with E-state index in [2.05, 4.69) is 10.3 Å². The van der Waals surface area contributed by atoms with Crippen LogP contribution in [0.5, 0.6) is 0 Å². The van der Waals surface area contributed by atoms with Gasteiger partial charge in [-0.25, -0.2) is 9.78 Å². The van der Waals surface area contributed by atoms with E-state index >= 15 is 0 Å². The quantitative estimate of drug-likeness (QED) is 0.619. The van der Waals surface area contributed by atoms with E-state index in [-0.39, 0.29) is 11.8 Å². The van der Waals surface area contributed by atoms with Crippen molar-refractivity contribution in [2.24, 2.45) is 5.92 Å². The van der Waals surface area contributed by atoms with Crippen LogP contribution in [0.1, 0.15) is 37.6 Å². The number of hydrogen-bond donors (Lipinski definition) is 1. The molecular formula is C15H22N2O3S. The highest BCUT2D eigenvalue weighted by Gasteiger charge is 2.23. The number of aromatic nitrogens is 1. The van der Waals surface area contributed by atoms with Crippen molar-refractivity contribution in [1.82, 2.24) is 10.3 Å². The summed E-state index contributed by atoms with van der Waals surface area (Å²) in [7, 11) is 1.32. The molecule has 1 rings (SSSR count). The summed E-state index contributed by atoms with van der Waals surface area (Å²) in [5, 5.41) is 3.58. The van der Waals surface area contributed by atoms with Crippen LogP contribution >= 0.6 is 11.8 Å². The van der Waals surface area contributed by atoms with Gasteiger partial charge in [0.2, 0.25) is 0 Å². The molecule has 0 aromatic carbocycles. The first-order chi connectivity index (χ1) is 9.97. The molecule has 1 unspecified atom stereocenters. The second kappa shape index (κ2) is 8.67. The van der Waals surface area contributed by atoms with E-state index in [1.54, 1.807) is 23.9 Å². The van der Waals surface area contributed by atoms with Gasteiger partial charge in [-0.3, -0.25) is 4.79 Å². The number of nitrogens with one attached hydrogen (secondary N) is 1. The van der Waals surface area contributed by atoms with Gasteiger partial charge >= 0.3 is 5.97 Å². The minimum Gasteiger partial charge on any atom is -0.467 e. The highest BCUT2D eigenvalue weighted by Crippen LogP contribution is 2.14. The SMILES string of the molecule is CCSc1ccc(C(=O)NC(CC(C)C)C(=O)OC)cn1. The molecule has 0 saturated carbocycles. The van der Waals surface area contributed by atoms with Crippen molar-refractivity contribution in [2.75, 3.05) is 12.9 Å². The first-order valence-corrected chi connectivity index (χ1v) is 7.94. The number of methoxy groups -OCH3 is 1. The van der Waals surface area contributed by atoms with E-state index in [4.69, 9.17) is 4.74 Å². The standard InChI is InChI=1S/C15H22N2O3S/c1-5-21-13-7-6-11(9-16-13)14(18)17-12(8-10(2)3)15(19)20-4/h6-7,9-10,12H,5,8H2,1-4H3,(H,17,18). The number of hydrogen-bond acceptors (Lipinski definition) is 5. The minimum absolute atomic E-state index is 0.274. The summed E-state index contributed by atoms with van der Waals surface area (Å²) in [6.45, 7) is 6.01. The third-order valence-corrected chi connectivity index (χ3v) is 3.61. The summed E-state index contributed by atoms with van der Waals surface area (Å²) in [6.07, 6.45) is 2.06. The Labute approximate surface area is 129 Å². The molecule has 0 fully saturated rings. The second-order valence-corrected chi connectivity index (χ2v) is 6.28. The number of pyridine rings is 1. The lowest BCUT2D eigenvalue weighted by molar-refractivity contribution is -0.143. The summed E-state index contributed by atoms with van der Waals surface area (Å²) in [4.78, 5) is 28.1. The Morgan fingerprint density at radius 3 is 2.57 bits per heavy atom. The molecule has 5 nitrogen and oxygen atoms in total. The summed E-state index contributed by atoms with van der Waals surface area (Å²) < 4.78 is 4.73. The minimum atomic E-state index is -0.632. The highest BCUT2D eigenvalue weighted by atomic mass is 32.2. The molecule has 1 amide bonds. The second-order valence-electron chi connectivity index (χ2n) is 5.00. The summed E-state index contributed by atoms with van der Waals surface area (Å²) in [6, 6.07) is 2.88. The lowest BCUT2D eigenvalue weighted by Gasteiger charge is -2.18. The van der Waals surface area contributed by atoms with Gasteiger partial charge in [0.05, 0.1) is 17.7 Å². The molecule has 21 heavy (non-hydrogen) atoms. The Bertz CT molecular complexity index is 474. The lowest BCUT2D eigenvalue weighted by Crippen LogP contribution is -2.42. The molecule has 0 saturated heterocycles. The number of carbonyl (C=O) groups excluding carboxylic acids is 2. The van der Waals surface area contributed by atoms with Crippen LogP contribution < -0.4 is 5.32 Å². The van der Waals surface area contributed by atoms with Crippen molar-refractivity contribution in [3.63, 3.8) is 0 Å². The number of nitrogens with zero attached hydrogens (tertiary/aromatic N) is 1. The molecule has 0 radical (unpaired) electrons. The number of thioether (sulfide) groups is 1. The average molecular weight is 310 g/mol. The fourth-order valence-electron chi connectivity index (χ4n) is 1.82. The molecule has 0 bridgehead atoms. The van der Waals surface area contributed by atoms with Gasteiger partial charge in [0.1, 0.15) is 6.04 Å². The predicted octanol–water partition coefficient (Wildman–Crippen LogP) is 2.51. The van der Waals surface area contributed by atoms with Crippen LogP contribution in [0.25, 0.3) is 0 Å². The van der Waals surface area contributed by atoms with Gasteiger partial charge in [-0.05, 0) is 30.2 Å². The molecule has 0 spiro atoms. The largest absolute Gasteiger partial charge is 0.467 e. The zero-order valence-corrected chi connectivity index (χ0v) is 13.7. The maximum atomic E-state index is 12.2. The number of amides is 1. The third kappa shape index (κ3) is 5.75. The molecule has 116 valence electrons. The van der Waals surface area contributed by atoms with Crippen LogP contribution in [0.3, 0.4) is 0 Å². The first kappa shape index (κ1) is 17.5. The average Bonchev–Trinajstić information content (AvgIpc) is 2.46. The van der Waals surface area contributed by atoms with Crippen molar-refractivity contribution in [2.45, 2.75) is 38.3 Å². The van der Waals surface area contributed by atoms with E-state index in [1.807, 2.05) is 20.8 Å². The van der Waals surface area contributed by atoms with Crippen molar-refractivity contribution in [3.8, 4) is 0 Å². The zero-order valence-electron chi connectivity index (χ0n) is 12.9. The number of esters is 1. The summed E-state index contributed by atoms with van der Waals surface area (Å²) in [5.41, 5.74) is 0.438. The van der Waals surface area contributed by atoms with E-state index in [1.165, 1.54) is 13.3 Å². The Kier molecular flexibility index (Phi) is 7.22. The Balaban J connectivity index is 2.74. The molecule has 6 heteroatoms. The molecule has 1 heterocycles.